The Bertz CT molecular complexity index is 957. The van der Waals surface area contributed by atoms with E-state index in [4.69, 9.17) is 5.11 Å². The molecule has 8 nitrogen and oxygen atoms in total. The summed E-state index contributed by atoms with van der Waals surface area (Å²) in [6, 6.07) is 11.4. The second-order valence-corrected chi connectivity index (χ2v) is 6.57. The van der Waals surface area contributed by atoms with Crippen LogP contribution in [0.2, 0.25) is 0 Å². The molecule has 0 aliphatic carbocycles. The van der Waals surface area contributed by atoms with E-state index in [0.717, 1.165) is 23.0 Å². The number of para-hydroxylation sites is 1. The van der Waals surface area contributed by atoms with Crippen LogP contribution >= 0.6 is 0 Å². The molecule has 1 aliphatic rings. The number of amides is 2. The number of aromatic amines is 1. The predicted molar refractivity (Wildman–Crippen MR) is 99.3 cm³/mol. The maximum absolute atomic E-state index is 13.0. The molecular formula is C19H21N5O3. The van der Waals surface area contributed by atoms with Crippen LogP contribution in [0.25, 0.3) is 10.9 Å². The highest BCUT2D eigenvalue weighted by Crippen LogP contribution is 2.19. The van der Waals surface area contributed by atoms with Crippen LogP contribution in [0.5, 0.6) is 0 Å². The minimum Gasteiger partial charge on any atom is -0.395 e. The maximum Gasteiger partial charge on any atom is 0.271 e. The number of carbonyl (C=O) groups is 2. The summed E-state index contributed by atoms with van der Waals surface area (Å²) < 4.78 is 1.78. The third-order valence-electron chi connectivity index (χ3n) is 4.69. The summed E-state index contributed by atoms with van der Waals surface area (Å²) >= 11 is 0. The third kappa shape index (κ3) is 3.43. The molecule has 0 spiro atoms. The van der Waals surface area contributed by atoms with E-state index in [0.29, 0.717) is 31.0 Å². The van der Waals surface area contributed by atoms with Gasteiger partial charge in [-0.25, -0.2) is 0 Å². The Morgan fingerprint density at radius 1 is 1.22 bits per heavy atom. The number of aliphatic hydroxyl groups is 1. The van der Waals surface area contributed by atoms with Gasteiger partial charge in [-0.15, -0.1) is 0 Å². The van der Waals surface area contributed by atoms with Gasteiger partial charge < -0.3 is 20.3 Å². The molecule has 3 N–H and O–H groups in total. The highest BCUT2D eigenvalue weighted by Gasteiger charge is 2.24. The van der Waals surface area contributed by atoms with E-state index in [1.54, 1.807) is 15.6 Å². The SMILES string of the molecule is O=C(NCCO)c1cc2n(n1)CCCN(C(=O)c1cc3ccccc3[nH]1)C2. The number of fused-ring (bicyclic) bond motifs is 2. The van der Waals surface area contributed by atoms with E-state index in [9.17, 15) is 9.59 Å². The van der Waals surface area contributed by atoms with E-state index < -0.39 is 0 Å². The lowest BCUT2D eigenvalue weighted by molar-refractivity contribution is 0.0740. The van der Waals surface area contributed by atoms with E-state index in [-0.39, 0.29) is 25.0 Å². The first-order chi connectivity index (χ1) is 13.2. The number of benzene rings is 1. The molecule has 0 fully saturated rings. The summed E-state index contributed by atoms with van der Waals surface area (Å²) in [5.41, 5.74) is 2.62. The fourth-order valence-corrected chi connectivity index (χ4v) is 3.37. The molecule has 3 heterocycles. The second-order valence-electron chi connectivity index (χ2n) is 6.57. The number of aromatic nitrogens is 3. The number of hydrogen-bond donors (Lipinski definition) is 3. The van der Waals surface area contributed by atoms with E-state index in [1.807, 2.05) is 30.3 Å². The van der Waals surface area contributed by atoms with E-state index in [1.165, 1.54) is 0 Å². The molecule has 0 bridgehead atoms. The van der Waals surface area contributed by atoms with Crippen molar-refractivity contribution in [1.82, 2.24) is 25.0 Å². The zero-order valence-electron chi connectivity index (χ0n) is 14.8. The molecule has 4 rings (SSSR count). The summed E-state index contributed by atoms with van der Waals surface area (Å²) in [5, 5.41) is 16.8. The van der Waals surface area contributed by atoms with Crippen molar-refractivity contribution in [2.45, 2.75) is 19.5 Å². The Morgan fingerprint density at radius 3 is 2.89 bits per heavy atom. The summed E-state index contributed by atoms with van der Waals surface area (Å²) in [7, 11) is 0. The van der Waals surface area contributed by atoms with Gasteiger partial charge in [-0.3, -0.25) is 14.3 Å². The quantitative estimate of drug-likeness (QED) is 0.643. The molecule has 2 amide bonds. The van der Waals surface area contributed by atoms with Crippen LogP contribution in [0.4, 0.5) is 0 Å². The molecule has 0 unspecified atom stereocenters. The number of nitrogens with zero attached hydrogens (tertiary/aromatic N) is 3. The van der Waals surface area contributed by atoms with Crippen molar-refractivity contribution in [1.29, 1.82) is 0 Å². The van der Waals surface area contributed by atoms with Gasteiger partial charge in [0.15, 0.2) is 5.69 Å². The number of aryl methyl sites for hydroxylation is 1. The number of hydrogen-bond acceptors (Lipinski definition) is 4. The van der Waals surface area contributed by atoms with Gasteiger partial charge in [0.25, 0.3) is 11.8 Å². The van der Waals surface area contributed by atoms with Gasteiger partial charge in [0.05, 0.1) is 18.8 Å². The topological polar surface area (TPSA) is 103 Å². The molecule has 0 atom stereocenters. The first-order valence-electron chi connectivity index (χ1n) is 8.98. The predicted octanol–water partition coefficient (Wildman–Crippen LogP) is 1.13. The van der Waals surface area contributed by atoms with Crippen molar-refractivity contribution in [2.24, 2.45) is 0 Å². The smallest absolute Gasteiger partial charge is 0.271 e. The fourth-order valence-electron chi connectivity index (χ4n) is 3.37. The molecule has 0 saturated carbocycles. The Labute approximate surface area is 155 Å². The first-order valence-corrected chi connectivity index (χ1v) is 8.98. The molecular weight excluding hydrogens is 346 g/mol. The molecule has 1 aliphatic heterocycles. The lowest BCUT2D eigenvalue weighted by Gasteiger charge is -2.19. The van der Waals surface area contributed by atoms with E-state index in [2.05, 4.69) is 15.4 Å². The van der Waals surface area contributed by atoms with Gasteiger partial charge in [0.1, 0.15) is 5.69 Å². The number of carbonyl (C=O) groups excluding carboxylic acids is 2. The summed E-state index contributed by atoms with van der Waals surface area (Å²) in [6.45, 7) is 1.75. The van der Waals surface area contributed by atoms with Crippen LogP contribution < -0.4 is 5.32 Å². The molecule has 2 aromatic heterocycles. The van der Waals surface area contributed by atoms with Gasteiger partial charge >= 0.3 is 0 Å². The molecule has 140 valence electrons. The number of H-pyrrole nitrogens is 1. The minimum absolute atomic E-state index is 0.0628. The highest BCUT2D eigenvalue weighted by molar-refractivity contribution is 5.98. The van der Waals surface area contributed by atoms with Crippen molar-refractivity contribution < 1.29 is 14.7 Å². The molecule has 8 heteroatoms. The van der Waals surface area contributed by atoms with Crippen LogP contribution in [0, 0.1) is 0 Å². The highest BCUT2D eigenvalue weighted by atomic mass is 16.3. The third-order valence-corrected chi connectivity index (χ3v) is 4.69. The van der Waals surface area contributed by atoms with Gasteiger partial charge in [-0.1, -0.05) is 18.2 Å². The monoisotopic (exact) mass is 367 g/mol. The Balaban J connectivity index is 1.54. The van der Waals surface area contributed by atoms with Crippen molar-refractivity contribution in [3.8, 4) is 0 Å². The number of aliphatic hydroxyl groups excluding tert-OH is 1. The van der Waals surface area contributed by atoms with Gasteiger partial charge in [-0.2, -0.15) is 5.10 Å². The summed E-state index contributed by atoms with van der Waals surface area (Å²) in [4.78, 5) is 30.0. The second kappa shape index (κ2) is 7.24. The lowest BCUT2D eigenvalue weighted by atomic mass is 10.2. The average Bonchev–Trinajstić information content (AvgIpc) is 3.24. The van der Waals surface area contributed by atoms with Crippen LogP contribution in [-0.2, 0) is 13.1 Å². The lowest BCUT2D eigenvalue weighted by Crippen LogP contribution is -2.31. The normalized spacial score (nSPS) is 14.0. The molecule has 3 aromatic rings. The van der Waals surface area contributed by atoms with Crippen LogP contribution in [-0.4, -0.2) is 56.3 Å². The average molecular weight is 367 g/mol. The first kappa shape index (κ1) is 17.3. The molecule has 1 aromatic carbocycles. The van der Waals surface area contributed by atoms with Crippen LogP contribution in [0.1, 0.15) is 33.1 Å². The summed E-state index contributed by atoms with van der Waals surface area (Å²) in [6.07, 6.45) is 0.762. The fraction of sp³-hybridized carbons (Fsp3) is 0.316. The zero-order chi connectivity index (χ0) is 18.8. The Hall–Kier alpha value is -3.13. The Kier molecular flexibility index (Phi) is 4.64. The Morgan fingerprint density at radius 2 is 2.07 bits per heavy atom. The number of nitrogens with one attached hydrogen (secondary N) is 2. The molecule has 0 saturated heterocycles. The van der Waals surface area contributed by atoms with Gasteiger partial charge in [0, 0.05) is 30.5 Å². The minimum atomic E-state index is -0.321. The van der Waals surface area contributed by atoms with Gasteiger partial charge in [0.2, 0.25) is 0 Å². The van der Waals surface area contributed by atoms with Crippen molar-refractivity contribution in [3.63, 3.8) is 0 Å². The largest absolute Gasteiger partial charge is 0.395 e. The van der Waals surface area contributed by atoms with Gasteiger partial charge in [-0.05, 0) is 24.6 Å². The van der Waals surface area contributed by atoms with Crippen molar-refractivity contribution in [2.75, 3.05) is 19.7 Å². The van der Waals surface area contributed by atoms with Crippen molar-refractivity contribution in [3.05, 3.63) is 53.5 Å². The molecule has 27 heavy (non-hydrogen) atoms. The summed E-state index contributed by atoms with van der Waals surface area (Å²) in [5.74, 6) is -0.384. The van der Waals surface area contributed by atoms with E-state index >= 15 is 0 Å². The maximum atomic E-state index is 13.0. The molecule has 0 radical (unpaired) electrons. The van der Waals surface area contributed by atoms with Crippen LogP contribution in [0.15, 0.2) is 36.4 Å². The standard InChI is InChI=1S/C19H21N5O3/c25-9-6-20-18(26)16-11-14-12-23(7-3-8-24(14)22-16)19(27)17-10-13-4-1-2-5-15(13)21-17/h1-2,4-5,10-11,21,25H,3,6-9,12H2,(H,20,26). The number of rotatable bonds is 4. The zero-order valence-corrected chi connectivity index (χ0v) is 14.8. The van der Waals surface area contributed by atoms with Crippen LogP contribution in [0.3, 0.4) is 0 Å². The van der Waals surface area contributed by atoms with Crippen molar-refractivity contribution >= 4 is 22.7 Å².